The van der Waals surface area contributed by atoms with Crippen molar-refractivity contribution in [1.82, 2.24) is 4.90 Å². The lowest BCUT2D eigenvalue weighted by atomic mass is 10.3. The zero-order valence-corrected chi connectivity index (χ0v) is 7.97. The van der Waals surface area contributed by atoms with Gasteiger partial charge in [0.05, 0.1) is 6.61 Å². The summed E-state index contributed by atoms with van der Waals surface area (Å²) >= 11 is 3.33. The molecule has 0 aromatic carbocycles. The van der Waals surface area contributed by atoms with Crippen LogP contribution >= 0.6 is 15.9 Å². The molecule has 1 heterocycles. The standard InChI is InChI=1S/C7H12BrNO2/c8-2-1-3-9-4-5-11-6-7(9)10/h1-6H2. The van der Waals surface area contributed by atoms with Gasteiger partial charge >= 0.3 is 0 Å². The fourth-order valence-electron chi connectivity index (χ4n) is 1.04. The monoisotopic (exact) mass is 221 g/mol. The molecule has 0 N–H and O–H groups in total. The second-order valence-corrected chi connectivity index (χ2v) is 3.27. The third-order valence-corrected chi connectivity index (χ3v) is 2.21. The van der Waals surface area contributed by atoms with Gasteiger partial charge in [-0.3, -0.25) is 4.79 Å². The minimum atomic E-state index is 0.122. The molecule has 0 radical (unpaired) electrons. The summed E-state index contributed by atoms with van der Waals surface area (Å²) < 4.78 is 4.99. The Morgan fingerprint density at radius 2 is 2.45 bits per heavy atom. The van der Waals surface area contributed by atoms with E-state index in [1.54, 1.807) is 0 Å². The van der Waals surface area contributed by atoms with Gasteiger partial charge in [0.2, 0.25) is 5.91 Å². The summed E-state index contributed by atoms with van der Waals surface area (Å²) in [6.45, 7) is 2.57. The summed E-state index contributed by atoms with van der Waals surface area (Å²) in [5.74, 6) is 0.122. The predicted molar refractivity (Wildman–Crippen MR) is 45.8 cm³/mol. The molecule has 0 atom stereocenters. The van der Waals surface area contributed by atoms with Crippen LogP contribution in [0, 0.1) is 0 Å². The number of nitrogens with zero attached hydrogens (tertiary/aromatic N) is 1. The van der Waals surface area contributed by atoms with E-state index in [4.69, 9.17) is 4.74 Å². The molecule has 0 saturated carbocycles. The molecule has 1 rings (SSSR count). The number of rotatable bonds is 3. The van der Waals surface area contributed by atoms with Crippen molar-refractivity contribution in [2.45, 2.75) is 6.42 Å². The molecular formula is C7H12BrNO2. The number of ether oxygens (including phenoxy) is 1. The van der Waals surface area contributed by atoms with Crippen molar-refractivity contribution in [3.8, 4) is 0 Å². The van der Waals surface area contributed by atoms with Crippen molar-refractivity contribution in [1.29, 1.82) is 0 Å². The third-order valence-electron chi connectivity index (χ3n) is 1.65. The van der Waals surface area contributed by atoms with Crippen LogP contribution in [0.4, 0.5) is 0 Å². The van der Waals surface area contributed by atoms with Crippen LogP contribution in [-0.4, -0.2) is 42.4 Å². The highest BCUT2D eigenvalue weighted by molar-refractivity contribution is 9.09. The molecule has 1 fully saturated rings. The van der Waals surface area contributed by atoms with Gasteiger partial charge in [0, 0.05) is 18.4 Å². The van der Waals surface area contributed by atoms with E-state index in [9.17, 15) is 4.79 Å². The molecule has 1 aliphatic heterocycles. The zero-order chi connectivity index (χ0) is 8.10. The normalized spacial score (nSPS) is 19.0. The Hall–Kier alpha value is -0.0900. The van der Waals surface area contributed by atoms with Crippen LogP contribution in [0.25, 0.3) is 0 Å². The fourth-order valence-corrected chi connectivity index (χ4v) is 1.29. The molecule has 1 aliphatic rings. The number of alkyl halides is 1. The maximum atomic E-state index is 11.1. The second kappa shape index (κ2) is 4.72. The van der Waals surface area contributed by atoms with Crippen LogP contribution in [0.1, 0.15) is 6.42 Å². The minimum Gasteiger partial charge on any atom is -0.370 e. The molecule has 0 spiro atoms. The maximum Gasteiger partial charge on any atom is 0.248 e. The van der Waals surface area contributed by atoms with Crippen molar-refractivity contribution in [2.24, 2.45) is 0 Å². The lowest BCUT2D eigenvalue weighted by molar-refractivity contribution is -0.142. The molecular weight excluding hydrogens is 210 g/mol. The molecule has 64 valence electrons. The number of halogens is 1. The first-order chi connectivity index (χ1) is 5.34. The molecule has 3 nitrogen and oxygen atoms in total. The highest BCUT2D eigenvalue weighted by Gasteiger charge is 2.16. The summed E-state index contributed by atoms with van der Waals surface area (Å²) in [7, 11) is 0. The smallest absolute Gasteiger partial charge is 0.248 e. The molecule has 11 heavy (non-hydrogen) atoms. The van der Waals surface area contributed by atoms with Crippen molar-refractivity contribution in [2.75, 3.05) is 31.6 Å². The lowest BCUT2D eigenvalue weighted by Crippen LogP contribution is -2.42. The average Bonchev–Trinajstić information content (AvgIpc) is 2.03. The number of amides is 1. The van der Waals surface area contributed by atoms with Crippen molar-refractivity contribution in [3.05, 3.63) is 0 Å². The summed E-state index contributed by atoms with van der Waals surface area (Å²) in [5.41, 5.74) is 0. The van der Waals surface area contributed by atoms with Crippen LogP contribution in [-0.2, 0) is 9.53 Å². The minimum absolute atomic E-state index is 0.122. The number of carbonyl (C=O) groups is 1. The van der Waals surface area contributed by atoms with Gasteiger partial charge < -0.3 is 9.64 Å². The summed E-state index contributed by atoms with van der Waals surface area (Å²) in [6.07, 6.45) is 1.02. The molecule has 0 aliphatic carbocycles. The Bertz CT molecular complexity index is 140. The predicted octanol–water partition coefficient (Wildman–Crippen LogP) is 0.630. The van der Waals surface area contributed by atoms with Crippen LogP contribution in [0.5, 0.6) is 0 Å². The molecule has 0 bridgehead atoms. The Kier molecular flexibility index (Phi) is 3.86. The summed E-state index contributed by atoms with van der Waals surface area (Å²) in [5, 5.41) is 0.956. The summed E-state index contributed by atoms with van der Waals surface area (Å²) in [4.78, 5) is 12.9. The molecule has 1 amide bonds. The third kappa shape index (κ3) is 2.79. The van der Waals surface area contributed by atoms with E-state index < -0.39 is 0 Å². The van der Waals surface area contributed by atoms with Crippen molar-refractivity contribution in [3.63, 3.8) is 0 Å². The van der Waals surface area contributed by atoms with Gasteiger partial charge in [-0.05, 0) is 6.42 Å². The van der Waals surface area contributed by atoms with E-state index in [0.717, 1.165) is 24.8 Å². The first kappa shape index (κ1) is 9.00. The van der Waals surface area contributed by atoms with Crippen molar-refractivity contribution >= 4 is 21.8 Å². The zero-order valence-electron chi connectivity index (χ0n) is 6.38. The Balaban J connectivity index is 2.24. The van der Waals surface area contributed by atoms with Crippen LogP contribution < -0.4 is 0 Å². The quantitative estimate of drug-likeness (QED) is 0.655. The topological polar surface area (TPSA) is 29.5 Å². The highest BCUT2D eigenvalue weighted by Crippen LogP contribution is 2.00. The number of hydrogen-bond acceptors (Lipinski definition) is 2. The van der Waals surface area contributed by atoms with E-state index in [2.05, 4.69) is 15.9 Å². The highest BCUT2D eigenvalue weighted by atomic mass is 79.9. The molecule has 1 saturated heterocycles. The first-order valence-electron chi connectivity index (χ1n) is 3.76. The van der Waals surface area contributed by atoms with E-state index >= 15 is 0 Å². The molecule has 0 unspecified atom stereocenters. The number of carbonyl (C=O) groups excluding carboxylic acids is 1. The second-order valence-electron chi connectivity index (χ2n) is 2.48. The van der Waals surface area contributed by atoms with Gasteiger partial charge in [0.15, 0.2) is 0 Å². The van der Waals surface area contributed by atoms with Crippen LogP contribution in [0.15, 0.2) is 0 Å². The molecule has 0 aromatic heterocycles. The van der Waals surface area contributed by atoms with Gasteiger partial charge in [0.25, 0.3) is 0 Å². The SMILES string of the molecule is O=C1COCCN1CCCBr. The van der Waals surface area contributed by atoms with Crippen LogP contribution in [0.2, 0.25) is 0 Å². The molecule has 4 heteroatoms. The fraction of sp³-hybridized carbons (Fsp3) is 0.857. The average molecular weight is 222 g/mol. The van der Waals surface area contributed by atoms with Gasteiger partial charge in [-0.15, -0.1) is 0 Å². The number of morpholine rings is 1. The number of hydrogen-bond donors (Lipinski definition) is 0. The summed E-state index contributed by atoms with van der Waals surface area (Å²) in [6, 6.07) is 0. The van der Waals surface area contributed by atoms with Crippen molar-refractivity contribution < 1.29 is 9.53 Å². The van der Waals surface area contributed by atoms with Crippen LogP contribution in [0.3, 0.4) is 0 Å². The maximum absolute atomic E-state index is 11.1. The largest absolute Gasteiger partial charge is 0.370 e. The van der Waals surface area contributed by atoms with E-state index in [1.165, 1.54) is 0 Å². The van der Waals surface area contributed by atoms with Gasteiger partial charge in [-0.2, -0.15) is 0 Å². The Morgan fingerprint density at radius 1 is 1.64 bits per heavy atom. The van der Waals surface area contributed by atoms with Gasteiger partial charge in [-0.25, -0.2) is 0 Å². The lowest BCUT2D eigenvalue weighted by Gasteiger charge is -2.26. The van der Waals surface area contributed by atoms with Gasteiger partial charge in [0.1, 0.15) is 6.61 Å². The van der Waals surface area contributed by atoms with Gasteiger partial charge in [-0.1, -0.05) is 15.9 Å². The van der Waals surface area contributed by atoms with E-state index in [1.807, 2.05) is 4.90 Å². The molecule has 0 aromatic rings. The van der Waals surface area contributed by atoms with E-state index in [-0.39, 0.29) is 12.5 Å². The van der Waals surface area contributed by atoms with E-state index in [0.29, 0.717) is 6.61 Å². The Labute approximate surface area is 74.8 Å². The Morgan fingerprint density at radius 3 is 3.09 bits per heavy atom. The first-order valence-corrected chi connectivity index (χ1v) is 4.88.